The summed E-state index contributed by atoms with van der Waals surface area (Å²) < 4.78 is 5.53. The van der Waals surface area contributed by atoms with Crippen molar-refractivity contribution in [1.29, 1.82) is 0 Å². The Labute approximate surface area is 109 Å². The number of rotatable bonds is 7. The average molecular weight is 252 g/mol. The Morgan fingerprint density at radius 2 is 2.00 bits per heavy atom. The molecular formula is C13H24N4O. The minimum atomic E-state index is 0.348. The fourth-order valence-electron chi connectivity index (χ4n) is 1.76. The molecule has 0 unspecified atom stereocenters. The van der Waals surface area contributed by atoms with Crippen LogP contribution < -0.4 is 15.4 Å². The maximum atomic E-state index is 6.10. The van der Waals surface area contributed by atoms with Gasteiger partial charge in [0.15, 0.2) is 5.82 Å². The van der Waals surface area contributed by atoms with Crippen LogP contribution in [0, 0.1) is 0 Å². The number of ether oxygens (including phenoxy) is 1. The lowest BCUT2D eigenvalue weighted by atomic mass is 10.2. The smallest absolute Gasteiger partial charge is 0.242 e. The summed E-state index contributed by atoms with van der Waals surface area (Å²) >= 11 is 0. The van der Waals surface area contributed by atoms with Gasteiger partial charge in [0.2, 0.25) is 5.88 Å². The Hall–Kier alpha value is -1.52. The number of hydrogen-bond acceptors (Lipinski definition) is 5. The van der Waals surface area contributed by atoms with Crippen molar-refractivity contribution in [2.75, 3.05) is 23.8 Å². The van der Waals surface area contributed by atoms with Crippen LogP contribution >= 0.6 is 0 Å². The predicted octanol–water partition coefficient (Wildman–Crippen LogP) is 2.47. The summed E-state index contributed by atoms with van der Waals surface area (Å²) in [5.74, 6) is 1.26. The molecule has 2 N–H and O–H groups in total. The molecule has 0 fully saturated rings. The van der Waals surface area contributed by atoms with Crippen LogP contribution in [-0.2, 0) is 0 Å². The SMILES string of the molecule is CCCOc1ncnc(N(CCC)C(C)C)c1N. The van der Waals surface area contributed by atoms with Gasteiger partial charge in [-0.25, -0.2) is 4.98 Å². The third-order valence-corrected chi connectivity index (χ3v) is 2.63. The predicted molar refractivity (Wildman–Crippen MR) is 75.0 cm³/mol. The topological polar surface area (TPSA) is 64.3 Å². The molecule has 0 aliphatic heterocycles. The number of nitrogen functional groups attached to an aromatic ring is 1. The molecule has 0 aliphatic rings. The molecule has 0 saturated heterocycles. The molecule has 18 heavy (non-hydrogen) atoms. The minimum Gasteiger partial charge on any atom is -0.476 e. The third-order valence-electron chi connectivity index (χ3n) is 2.63. The zero-order valence-electron chi connectivity index (χ0n) is 11.8. The Balaban J connectivity index is 2.99. The van der Waals surface area contributed by atoms with Gasteiger partial charge >= 0.3 is 0 Å². The second-order valence-electron chi connectivity index (χ2n) is 4.55. The molecule has 0 atom stereocenters. The van der Waals surface area contributed by atoms with Crippen molar-refractivity contribution < 1.29 is 4.74 Å². The van der Waals surface area contributed by atoms with Crippen molar-refractivity contribution in [3.63, 3.8) is 0 Å². The molecule has 5 nitrogen and oxygen atoms in total. The lowest BCUT2D eigenvalue weighted by Crippen LogP contribution is -2.33. The summed E-state index contributed by atoms with van der Waals surface area (Å²) in [6, 6.07) is 0.348. The van der Waals surface area contributed by atoms with Crippen LogP contribution in [0.5, 0.6) is 5.88 Å². The molecular weight excluding hydrogens is 228 g/mol. The molecule has 0 radical (unpaired) electrons. The highest BCUT2D eigenvalue weighted by molar-refractivity contribution is 5.68. The highest BCUT2D eigenvalue weighted by atomic mass is 16.5. The number of anilines is 2. The van der Waals surface area contributed by atoms with Gasteiger partial charge in [0.1, 0.15) is 12.0 Å². The second kappa shape index (κ2) is 7.03. The van der Waals surface area contributed by atoms with Crippen molar-refractivity contribution >= 4 is 11.5 Å². The van der Waals surface area contributed by atoms with Crippen molar-refractivity contribution in [2.24, 2.45) is 0 Å². The summed E-state index contributed by atoms with van der Waals surface area (Å²) in [7, 11) is 0. The van der Waals surface area contributed by atoms with Crippen LogP contribution in [0.15, 0.2) is 6.33 Å². The highest BCUT2D eigenvalue weighted by Gasteiger charge is 2.17. The van der Waals surface area contributed by atoms with Crippen LogP contribution in [0.2, 0.25) is 0 Å². The first kappa shape index (κ1) is 14.5. The van der Waals surface area contributed by atoms with E-state index in [1.807, 2.05) is 0 Å². The van der Waals surface area contributed by atoms with E-state index in [0.29, 0.717) is 24.2 Å². The maximum absolute atomic E-state index is 6.10. The molecule has 0 spiro atoms. The van der Waals surface area contributed by atoms with Gasteiger partial charge in [-0.2, -0.15) is 4.98 Å². The number of hydrogen-bond donors (Lipinski definition) is 1. The maximum Gasteiger partial charge on any atom is 0.242 e. The van der Waals surface area contributed by atoms with E-state index in [4.69, 9.17) is 10.5 Å². The summed E-state index contributed by atoms with van der Waals surface area (Å²) in [6.45, 7) is 9.99. The van der Waals surface area contributed by atoms with Crippen molar-refractivity contribution in [3.8, 4) is 5.88 Å². The highest BCUT2D eigenvalue weighted by Crippen LogP contribution is 2.29. The van der Waals surface area contributed by atoms with Crippen LogP contribution in [0.3, 0.4) is 0 Å². The summed E-state index contributed by atoms with van der Waals surface area (Å²) in [5.41, 5.74) is 6.64. The van der Waals surface area contributed by atoms with E-state index in [2.05, 4.69) is 42.6 Å². The molecule has 0 bridgehead atoms. The van der Waals surface area contributed by atoms with Crippen LogP contribution in [0.4, 0.5) is 11.5 Å². The molecule has 0 aliphatic carbocycles. The van der Waals surface area contributed by atoms with Gasteiger partial charge in [-0.05, 0) is 26.7 Å². The summed E-state index contributed by atoms with van der Waals surface area (Å²) in [4.78, 5) is 10.6. The molecule has 102 valence electrons. The number of aromatic nitrogens is 2. The number of nitrogens with zero attached hydrogens (tertiary/aromatic N) is 3. The first-order valence-electron chi connectivity index (χ1n) is 6.61. The van der Waals surface area contributed by atoms with Crippen LogP contribution in [0.1, 0.15) is 40.5 Å². The third kappa shape index (κ3) is 3.48. The van der Waals surface area contributed by atoms with Crippen molar-refractivity contribution in [3.05, 3.63) is 6.33 Å². The quantitative estimate of drug-likeness (QED) is 0.807. The zero-order valence-corrected chi connectivity index (χ0v) is 11.8. The van der Waals surface area contributed by atoms with Crippen molar-refractivity contribution in [1.82, 2.24) is 9.97 Å². The van der Waals surface area contributed by atoms with E-state index in [0.717, 1.165) is 25.2 Å². The fraction of sp³-hybridized carbons (Fsp3) is 0.692. The monoisotopic (exact) mass is 252 g/mol. The lowest BCUT2D eigenvalue weighted by Gasteiger charge is -2.28. The molecule has 5 heteroatoms. The van der Waals surface area contributed by atoms with Crippen LogP contribution in [0.25, 0.3) is 0 Å². The van der Waals surface area contributed by atoms with Gasteiger partial charge in [0.05, 0.1) is 6.61 Å². The van der Waals surface area contributed by atoms with E-state index < -0.39 is 0 Å². The molecule has 1 aromatic rings. The Bertz CT molecular complexity index is 368. The Morgan fingerprint density at radius 3 is 2.56 bits per heavy atom. The van der Waals surface area contributed by atoms with Gasteiger partial charge < -0.3 is 15.4 Å². The Kier molecular flexibility index (Phi) is 5.68. The van der Waals surface area contributed by atoms with E-state index >= 15 is 0 Å². The van der Waals surface area contributed by atoms with Gasteiger partial charge in [0, 0.05) is 12.6 Å². The standard InChI is InChI=1S/C13H24N4O/c1-5-7-17(10(3)4)12-11(14)13(16-9-15-12)18-8-6-2/h9-10H,5-8,14H2,1-4H3. The fourth-order valence-corrected chi connectivity index (χ4v) is 1.76. The van der Waals surface area contributed by atoms with Crippen molar-refractivity contribution in [2.45, 2.75) is 46.6 Å². The summed E-state index contributed by atoms with van der Waals surface area (Å²) in [5, 5.41) is 0. The molecule has 0 saturated carbocycles. The summed E-state index contributed by atoms with van der Waals surface area (Å²) in [6.07, 6.45) is 3.50. The minimum absolute atomic E-state index is 0.348. The average Bonchev–Trinajstić information content (AvgIpc) is 2.35. The van der Waals surface area contributed by atoms with Gasteiger partial charge in [-0.3, -0.25) is 0 Å². The van der Waals surface area contributed by atoms with E-state index in [-0.39, 0.29) is 0 Å². The second-order valence-corrected chi connectivity index (χ2v) is 4.55. The molecule has 1 aromatic heterocycles. The molecule has 1 rings (SSSR count). The largest absolute Gasteiger partial charge is 0.476 e. The first-order valence-corrected chi connectivity index (χ1v) is 6.61. The lowest BCUT2D eigenvalue weighted by molar-refractivity contribution is 0.306. The molecule has 0 aromatic carbocycles. The van der Waals surface area contributed by atoms with E-state index in [1.54, 1.807) is 0 Å². The van der Waals surface area contributed by atoms with Gasteiger partial charge in [0.25, 0.3) is 0 Å². The van der Waals surface area contributed by atoms with Gasteiger partial charge in [-0.15, -0.1) is 0 Å². The normalized spacial score (nSPS) is 10.7. The van der Waals surface area contributed by atoms with Crippen LogP contribution in [-0.4, -0.2) is 29.2 Å². The van der Waals surface area contributed by atoms with E-state index in [1.165, 1.54) is 6.33 Å². The Morgan fingerprint density at radius 1 is 1.28 bits per heavy atom. The number of nitrogens with two attached hydrogens (primary N) is 1. The first-order chi connectivity index (χ1) is 8.61. The van der Waals surface area contributed by atoms with E-state index in [9.17, 15) is 0 Å². The zero-order chi connectivity index (χ0) is 13.5. The van der Waals surface area contributed by atoms with Gasteiger partial charge in [-0.1, -0.05) is 13.8 Å². The molecule has 1 heterocycles. The molecule has 0 amide bonds.